The highest BCUT2D eigenvalue weighted by Crippen LogP contribution is 2.38. The minimum absolute atomic E-state index is 0.160. The molecule has 0 saturated carbocycles. The molecule has 1 aliphatic rings. The van der Waals surface area contributed by atoms with Crippen LogP contribution in [0, 0.1) is 0 Å². The van der Waals surface area contributed by atoms with Gasteiger partial charge in [0.2, 0.25) is 0 Å². The number of aromatic nitrogens is 1. The van der Waals surface area contributed by atoms with Crippen molar-refractivity contribution < 1.29 is 5.11 Å². The third-order valence-electron chi connectivity index (χ3n) is 4.21. The molecule has 3 aromatic rings. The summed E-state index contributed by atoms with van der Waals surface area (Å²) in [7, 11) is 0. The molecule has 0 aliphatic carbocycles. The zero-order chi connectivity index (χ0) is 16.8. The summed E-state index contributed by atoms with van der Waals surface area (Å²) in [4.78, 5) is 8.44. The lowest BCUT2D eigenvalue weighted by Gasteiger charge is -2.10. The highest BCUT2D eigenvalue weighted by Gasteiger charge is 2.18. The number of rotatable bonds is 2. The topological polar surface area (TPSA) is 49.9 Å². The van der Waals surface area contributed by atoms with E-state index < -0.39 is 0 Å². The number of fused-ring (bicyclic) bond motifs is 2. The average Bonchev–Trinajstić information content (AvgIpc) is 3.11. The lowest BCUT2D eigenvalue weighted by Crippen LogP contribution is -2.07. The minimum atomic E-state index is 0.160. The summed E-state index contributed by atoms with van der Waals surface area (Å²) in [6.07, 6.45) is 3.56. The molecule has 1 aliphatic heterocycles. The van der Waals surface area contributed by atoms with Gasteiger partial charge in [-0.1, -0.05) is 28.1 Å². The van der Waals surface area contributed by atoms with Gasteiger partial charge in [-0.25, -0.2) is 9.98 Å². The second kappa shape index (κ2) is 5.60. The van der Waals surface area contributed by atoms with Gasteiger partial charge in [-0.15, -0.1) is 0 Å². The second-order valence-electron chi connectivity index (χ2n) is 6.10. The molecule has 24 heavy (non-hydrogen) atoms. The Morgan fingerprint density at radius 2 is 2.04 bits per heavy atom. The van der Waals surface area contributed by atoms with Crippen molar-refractivity contribution in [1.82, 2.24) is 4.57 Å². The van der Waals surface area contributed by atoms with E-state index in [4.69, 9.17) is 0 Å². The summed E-state index contributed by atoms with van der Waals surface area (Å²) in [5, 5.41) is 13.7. The summed E-state index contributed by atoms with van der Waals surface area (Å²) in [5.74, 6) is 0.278. The number of aliphatic imine (C=N–C) groups is 1. The SMILES string of the molecule is CC(C)n1c(O)c(/C=c2\ccc3c(c2)N=CN=3)c2c(Br)cccc21. The molecule has 0 unspecified atom stereocenters. The molecule has 4 nitrogen and oxygen atoms in total. The summed E-state index contributed by atoms with van der Waals surface area (Å²) < 4.78 is 2.92. The zero-order valence-electron chi connectivity index (χ0n) is 13.4. The zero-order valence-corrected chi connectivity index (χ0v) is 14.9. The quantitative estimate of drug-likeness (QED) is 0.720. The van der Waals surface area contributed by atoms with Gasteiger partial charge in [0.25, 0.3) is 0 Å². The molecule has 1 aromatic heterocycles. The Bertz CT molecular complexity index is 1110. The molecule has 5 heteroatoms. The Labute approximate surface area is 147 Å². The monoisotopic (exact) mass is 381 g/mol. The molecule has 0 bridgehead atoms. The molecule has 0 atom stereocenters. The van der Waals surface area contributed by atoms with E-state index in [1.165, 1.54) is 0 Å². The third-order valence-corrected chi connectivity index (χ3v) is 4.87. The molecule has 0 spiro atoms. The Balaban J connectivity index is 2.04. The van der Waals surface area contributed by atoms with E-state index in [0.717, 1.165) is 37.2 Å². The third kappa shape index (κ3) is 2.27. The Kier molecular flexibility index (Phi) is 3.53. The predicted molar refractivity (Wildman–Crippen MR) is 101 cm³/mol. The van der Waals surface area contributed by atoms with Gasteiger partial charge in [-0.3, -0.25) is 0 Å². The van der Waals surface area contributed by atoms with Gasteiger partial charge < -0.3 is 9.67 Å². The van der Waals surface area contributed by atoms with Crippen molar-refractivity contribution in [2.45, 2.75) is 19.9 Å². The van der Waals surface area contributed by atoms with Crippen LogP contribution in [0.3, 0.4) is 0 Å². The lowest BCUT2D eigenvalue weighted by atomic mass is 10.1. The van der Waals surface area contributed by atoms with Gasteiger partial charge in [0, 0.05) is 21.5 Å². The lowest BCUT2D eigenvalue weighted by molar-refractivity contribution is 0.405. The van der Waals surface area contributed by atoms with E-state index >= 15 is 0 Å². The highest BCUT2D eigenvalue weighted by molar-refractivity contribution is 9.10. The summed E-state index contributed by atoms with van der Waals surface area (Å²) in [6, 6.07) is 12.1. The van der Waals surface area contributed by atoms with Gasteiger partial charge in [0.05, 0.1) is 16.6 Å². The van der Waals surface area contributed by atoms with Gasteiger partial charge in [-0.2, -0.15) is 0 Å². The summed E-state index contributed by atoms with van der Waals surface area (Å²) >= 11 is 3.62. The molecular formula is C19H16BrN3O. The number of benzene rings is 2. The van der Waals surface area contributed by atoms with Crippen LogP contribution in [0.15, 0.2) is 50.9 Å². The predicted octanol–water partition coefficient (Wildman–Crippen LogP) is 3.81. The largest absolute Gasteiger partial charge is 0.494 e. The molecule has 120 valence electrons. The van der Waals surface area contributed by atoms with Crippen LogP contribution in [0.5, 0.6) is 5.88 Å². The number of nitrogens with zero attached hydrogens (tertiary/aromatic N) is 3. The first-order valence-electron chi connectivity index (χ1n) is 7.80. The van der Waals surface area contributed by atoms with Crippen molar-refractivity contribution in [2.75, 3.05) is 0 Å². The molecule has 0 fully saturated rings. The van der Waals surface area contributed by atoms with Crippen molar-refractivity contribution >= 4 is 44.9 Å². The minimum Gasteiger partial charge on any atom is -0.494 e. The van der Waals surface area contributed by atoms with E-state index in [9.17, 15) is 5.11 Å². The second-order valence-corrected chi connectivity index (χ2v) is 6.96. The first-order chi connectivity index (χ1) is 11.6. The first kappa shape index (κ1) is 15.1. The fourth-order valence-corrected chi connectivity index (χ4v) is 3.73. The molecule has 0 saturated heterocycles. The van der Waals surface area contributed by atoms with Gasteiger partial charge in [0.1, 0.15) is 6.34 Å². The number of hydrogen-bond acceptors (Lipinski definition) is 3. The normalized spacial score (nSPS) is 13.8. The van der Waals surface area contributed by atoms with Crippen LogP contribution < -0.4 is 10.6 Å². The number of aromatic hydroxyl groups is 1. The average molecular weight is 382 g/mol. The van der Waals surface area contributed by atoms with E-state index in [-0.39, 0.29) is 11.9 Å². The maximum atomic E-state index is 10.8. The Morgan fingerprint density at radius 3 is 2.83 bits per heavy atom. The molecule has 2 aromatic carbocycles. The van der Waals surface area contributed by atoms with E-state index in [1.807, 2.05) is 47.0 Å². The maximum Gasteiger partial charge on any atom is 0.199 e. The van der Waals surface area contributed by atoms with Crippen molar-refractivity contribution in [3.8, 4) is 5.88 Å². The van der Waals surface area contributed by atoms with Crippen LogP contribution in [0.1, 0.15) is 25.5 Å². The van der Waals surface area contributed by atoms with Gasteiger partial charge >= 0.3 is 0 Å². The van der Waals surface area contributed by atoms with Crippen molar-refractivity contribution in [3.63, 3.8) is 0 Å². The Morgan fingerprint density at radius 1 is 1.21 bits per heavy atom. The van der Waals surface area contributed by atoms with Gasteiger partial charge in [-0.05, 0) is 49.4 Å². The van der Waals surface area contributed by atoms with Gasteiger partial charge in [0.15, 0.2) is 5.88 Å². The standard InChI is InChI=1S/C19H16BrN3O/c1-11(2)23-17-5-3-4-14(20)18(17)13(19(23)24)8-12-6-7-15-16(9-12)22-10-21-15/h3-11,24H,1-2H3/b12-8+. The van der Waals surface area contributed by atoms with E-state index in [2.05, 4.69) is 39.8 Å². The van der Waals surface area contributed by atoms with Crippen LogP contribution in [0.2, 0.25) is 0 Å². The van der Waals surface area contributed by atoms with Crippen LogP contribution in [0.4, 0.5) is 5.69 Å². The van der Waals surface area contributed by atoms with Crippen molar-refractivity contribution in [3.05, 3.63) is 57.0 Å². The smallest absolute Gasteiger partial charge is 0.199 e. The molecule has 0 radical (unpaired) electrons. The van der Waals surface area contributed by atoms with Crippen molar-refractivity contribution in [2.24, 2.45) is 9.98 Å². The molecule has 2 heterocycles. The molecule has 4 rings (SSSR count). The van der Waals surface area contributed by atoms with E-state index in [0.29, 0.717) is 0 Å². The molecule has 1 N–H and O–H groups in total. The first-order valence-corrected chi connectivity index (χ1v) is 8.59. The highest BCUT2D eigenvalue weighted by atomic mass is 79.9. The fourth-order valence-electron chi connectivity index (χ4n) is 3.16. The van der Waals surface area contributed by atoms with Crippen molar-refractivity contribution in [1.29, 1.82) is 0 Å². The maximum absolute atomic E-state index is 10.8. The summed E-state index contributed by atoms with van der Waals surface area (Å²) in [5.41, 5.74) is 2.68. The van der Waals surface area contributed by atoms with Crippen LogP contribution in [0.25, 0.3) is 17.0 Å². The van der Waals surface area contributed by atoms with Crippen LogP contribution in [-0.2, 0) is 0 Å². The summed E-state index contributed by atoms with van der Waals surface area (Å²) in [6.45, 7) is 4.13. The van der Waals surface area contributed by atoms with Crippen LogP contribution >= 0.6 is 15.9 Å². The van der Waals surface area contributed by atoms with Crippen LogP contribution in [-0.4, -0.2) is 16.0 Å². The fraction of sp³-hybridized carbons (Fsp3) is 0.158. The number of halogens is 1. The molecular weight excluding hydrogens is 366 g/mol. The number of hydrogen-bond donors (Lipinski definition) is 1. The molecule has 0 amide bonds. The van der Waals surface area contributed by atoms with E-state index in [1.54, 1.807) is 6.34 Å². The Hall–Kier alpha value is -2.40.